The zero-order valence-electron chi connectivity index (χ0n) is 13.5. The van der Waals surface area contributed by atoms with Gasteiger partial charge in [-0.1, -0.05) is 12.1 Å². The average Bonchev–Trinajstić information content (AvgIpc) is 2.97. The molecule has 1 heterocycles. The van der Waals surface area contributed by atoms with Gasteiger partial charge in [0, 0.05) is 19.9 Å². The van der Waals surface area contributed by atoms with Crippen LogP contribution >= 0.6 is 0 Å². The number of carbonyl (C=O) groups excluding carboxylic acids is 2. The number of carbonyl (C=O) groups is 2. The molecule has 2 amide bonds. The van der Waals surface area contributed by atoms with Gasteiger partial charge in [0.15, 0.2) is 0 Å². The lowest BCUT2D eigenvalue weighted by molar-refractivity contribution is -0.138. The third kappa shape index (κ3) is 4.45. The molecule has 0 aliphatic carbocycles. The molecule has 0 saturated carbocycles. The standard InChI is InChI=1S/C17H24N2O4/c1-11(20)16-4-3-9-19(16)17(23)15(18-12(2)21)10-13-5-7-14(22)8-6-13/h5-8,11,15-16,20,22H,3-4,9-10H2,1-2H3,(H,18,21)/t11?,15-,16+/m0/s1. The van der Waals surface area contributed by atoms with Crippen LogP contribution in [-0.2, 0) is 16.0 Å². The van der Waals surface area contributed by atoms with Gasteiger partial charge in [0.05, 0.1) is 12.1 Å². The molecule has 126 valence electrons. The first kappa shape index (κ1) is 17.3. The molecule has 1 aromatic carbocycles. The van der Waals surface area contributed by atoms with Crippen LogP contribution in [0.25, 0.3) is 0 Å². The number of phenolic OH excluding ortho intramolecular Hbond substituents is 1. The third-order valence-electron chi connectivity index (χ3n) is 4.19. The number of aliphatic hydroxyl groups is 1. The van der Waals surface area contributed by atoms with Crippen LogP contribution in [0, 0.1) is 0 Å². The Kier molecular flexibility index (Phi) is 5.60. The summed E-state index contributed by atoms with van der Waals surface area (Å²) in [4.78, 5) is 26.0. The molecule has 23 heavy (non-hydrogen) atoms. The van der Waals surface area contributed by atoms with E-state index in [1.165, 1.54) is 6.92 Å². The number of likely N-dealkylation sites (tertiary alicyclic amines) is 1. The number of aromatic hydroxyl groups is 1. The number of nitrogens with one attached hydrogen (secondary N) is 1. The van der Waals surface area contributed by atoms with Crippen LogP contribution in [0.15, 0.2) is 24.3 Å². The maximum atomic E-state index is 12.8. The smallest absolute Gasteiger partial charge is 0.245 e. The van der Waals surface area contributed by atoms with Crippen molar-refractivity contribution in [2.24, 2.45) is 0 Å². The number of aliphatic hydroxyl groups excluding tert-OH is 1. The monoisotopic (exact) mass is 320 g/mol. The molecular formula is C17H24N2O4. The highest BCUT2D eigenvalue weighted by Crippen LogP contribution is 2.22. The summed E-state index contributed by atoms with van der Waals surface area (Å²) < 4.78 is 0. The van der Waals surface area contributed by atoms with Gasteiger partial charge >= 0.3 is 0 Å². The van der Waals surface area contributed by atoms with E-state index in [2.05, 4.69) is 5.32 Å². The molecule has 3 atom stereocenters. The number of nitrogens with zero attached hydrogens (tertiary/aromatic N) is 1. The van der Waals surface area contributed by atoms with Crippen molar-refractivity contribution < 1.29 is 19.8 Å². The largest absolute Gasteiger partial charge is 0.508 e. The molecule has 0 aromatic heterocycles. The van der Waals surface area contributed by atoms with Gasteiger partial charge in [0.25, 0.3) is 0 Å². The fraction of sp³-hybridized carbons (Fsp3) is 0.529. The Morgan fingerprint density at radius 2 is 2.00 bits per heavy atom. The van der Waals surface area contributed by atoms with Crippen LogP contribution < -0.4 is 5.32 Å². The molecule has 6 nitrogen and oxygen atoms in total. The Morgan fingerprint density at radius 1 is 1.35 bits per heavy atom. The minimum Gasteiger partial charge on any atom is -0.508 e. The van der Waals surface area contributed by atoms with E-state index in [4.69, 9.17) is 0 Å². The summed E-state index contributed by atoms with van der Waals surface area (Å²) in [6.45, 7) is 3.66. The second-order valence-electron chi connectivity index (χ2n) is 6.11. The SMILES string of the molecule is CC(=O)N[C@@H](Cc1ccc(O)cc1)C(=O)N1CCC[C@@H]1C(C)O. The van der Waals surface area contributed by atoms with Crippen molar-refractivity contribution >= 4 is 11.8 Å². The van der Waals surface area contributed by atoms with Gasteiger partial charge in [-0.2, -0.15) is 0 Å². The molecule has 0 radical (unpaired) electrons. The normalized spacial score (nSPS) is 20.1. The first-order valence-electron chi connectivity index (χ1n) is 7.92. The predicted octanol–water partition coefficient (Wildman–Crippen LogP) is 0.811. The maximum Gasteiger partial charge on any atom is 0.245 e. The van der Waals surface area contributed by atoms with Gasteiger partial charge in [-0.25, -0.2) is 0 Å². The van der Waals surface area contributed by atoms with Crippen LogP contribution in [0.4, 0.5) is 0 Å². The number of amides is 2. The summed E-state index contributed by atoms with van der Waals surface area (Å²) >= 11 is 0. The number of hydrogen-bond donors (Lipinski definition) is 3. The first-order valence-corrected chi connectivity index (χ1v) is 7.92. The summed E-state index contributed by atoms with van der Waals surface area (Å²) in [5.74, 6) is -0.281. The molecule has 0 spiro atoms. The number of benzene rings is 1. The second-order valence-corrected chi connectivity index (χ2v) is 6.11. The Balaban J connectivity index is 2.15. The highest BCUT2D eigenvalue weighted by atomic mass is 16.3. The van der Waals surface area contributed by atoms with Crippen molar-refractivity contribution in [1.29, 1.82) is 0 Å². The van der Waals surface area contributed by atoms with Gasteiger partial charge in [-0.05, 0) is 37.5 Å². The van der Waals surface area contributed by atoms with Crippen molar-refractivity contribution in [3.05, 3.63) is 29.8 Å². The lowest BCUT2D eigenvalue weighted by Crippen LogP contribution is -2.52. The van der Waals surface area contributed by atoms with Crippen LogP contribution in [0.5, 0.6) is 5.75 Å². The van der Waals surface area contributed by atoms with E-state index in [0.717, 1.165) is 18.4 Å². The van der Waals surface area contributed by atoms with Crippen molar-refractivity contribution in [2.75, 3.05) is 6.54 Å². The molecule has 0 bridgehead atoms. The topological polar surface area (TPSA) is 89.9 Å². The molecule has 1 fully saturated rings. The van der Waals surface area contributed by atoms with Crippen LogP contribution in [0.3, 0.4) is 0 Å². The van der Waals surface area contributed by atoms with E-state index < -0.39 is 12.1 Å². The van der Waals surface area contributed by atoms with E-state index in [0.29, 0.717) is 13.0 Å². The maximum absolute atomic E-state index is 12.8. The van der Waals surface area contributed by atoms with Gasteiger partial charge in [-0.3, -0.25) is 9.59 Å². The quantitative estimate of drug-likeness (QED) is 0.749. The van der Waals surface area contributed by atoms with Crippen molar-refractivity contribution in [2.45, 2.75) is 51.3 Å². The Hall–Kier alpha value is -2.08. The van der Waals surface area contributed by atoms with Crippen LogP contribution in [-0.4, -0.2) is 51.7 Å². The number of hydrogen-bond acceptors (Lipinski definition) is 4. The van der Waals surface area contributed by atoms with Crippen molar-refractivity contribution in [3.63, 3.8) is 0 Å². The van der Waals surface area contributed by atoms with E-state index in [9.17, 15) is 19.8 Å². The van der Waals surface area contributed by atoms with Crippen LogP contribution in [0.2, 0.25) is 0 Å². The average molecular weight is 320 g/mol. The van der Waals surface area contributed by atoms with E-state index in [1.54, 1.807) is 36.1 Å². The summed E-state index contributed by atoms with van der Waals surface area (Å²) in [6, 6.07) is 5.70. The number of phenols is 1. The van der Waals surface area contributed by atoms with Gasteiger partial charge in [-0.15, -0.1) is 0 Å². The Bertz CT molecular complexity index is 556. The summed E-state index contributed by atoms with van der Waals surface area (Å²) in [6.07, 6.45) is 1.39. The van der Waals surface area contributed by atoms with Crippen LogP contribution in [0.1, 0.15) is 32.3 Å². The minimum atomic E-state index is -0.670. The second kappa shape index (κ2) is 7.46. The summed E-state index contributed by atoms with van der Waals surface area (Å²) in [5.41, 5.74) is 0.850. The molecular weight excluding hydrogens is 296 g/mol. The summed E-state index contributed by atoms with van der Waals surface area (Å²) in [7, 11) is 0. The summed E-state index contributed by atoms with van der Waals surface area (Å²) in [5, 5.41) is 21.9. The zero-order valence-corrected chi connectivity index (χ0v) is 13.5. The van der Waals surface area contributed by atoms with E-state index >= 15 is 0 Å². The molecule has 1 aliphatic rings. The molecule has 1 unspecified atom stereocenters. The van der Waals surface area contributed by atoms with E-state index in [1.807, 2.05) is 0 Å². The predicted molar refractivity (Wildman–Crippen MR) is 85.8 cm³/mol. The molecule has 1 aromatic rings. The molecule has 2 rings (SSSR count). The number of rotatable bonds is 5. The van der Waals surface area contributed by atoms with Crippen molar-refractivity contribution in [3.8, 4) is 5.75 Å². The Labute approximate surface area is 136 Å². The molecule has 1 aliphatic heterocycles. The first-order chi connectivity index (χ1) is 10.9. The Morgan fingerprint density at radius 3 is 2.57 bits per heavy atom. The van der Waals surface area contributed by atoms with Gasteiger partial charge in [0.2, 0.25) is 11.8 Å². The molecule has 3 N–H and O–H groups in total. The zero-order chi connectivity index (χ0) is 17.0. The fourth-order valence-electron chi connectivity index (χ4n) is 3.08. The lowest BCUT2D eigenvalue weighted by atomic mass is 10.0. The lowest BCUT2D eigenvalue weighted by Gasteiger charge is -2.30. The molecule has 6 heteroatoms. The van der Waals surface area contributed by atoms with Gasteiger partial charge in [0.1, 0.15) is 11.8 Å². The minimum absolute atomic E-state index is 0.157. The van der Waals surface area contributed by atoms with Gasteiger partial charge < -0.3 is 20.4 Å². The highest BCUT2D eigenvalue weighted by Gasteiger charge is 2.35. The third-order valence-corrected chi connectivity index (χ3v) is 4.19. The highest BCUT2D eigenvalue weighted by molar-refractivity contribution is 5.87. The van der Waals surface area contributed by atoms with Crippen molar-refractivity contribution in [1.82, 2.24) is 10.2 Å². The molecule has 1 saturated heterocycles. The van der Waals surface area contributed by atoms with E-state index in [-0.39, 0.29) is 23.6 Å². The fourth-order valence-corrected chi connectivity index (χ4v) is 3.08.